The first-order valence-electron chi connectivity index (χ1n) is 9.14. The predicted molar refractivity (Wildman–Crippen MR) is 110 cm³/mol. The minimum atomic E-state index is -0.587. The summed E-state index contributed by atoms with van der Waals surface area (Å²) in [5.41, 5.74) is 3.30. The Morgan fingerprint density at radius 2 is 1.66 bits per heavy atom. The maximum atomic E-state index is 13.8. The second-order valence-corrected chi connectivity index (χ2v) is 6.90. The smallest absolute Gasteiger partial charge is 0.258 e. The molecule has 0 radical (unpaired) electrons. The lowest BCUT2D eigenvalue weighted by Gasteiger charge is -2.06. The van der Waals surface area contributed by atoms with Crippen LogP contribution >= 0.6 is 0 Å². The predicted octanol–water partition coefficient (Wildman–Crippen LogP) is 5.67. The van der Waals surface area contributed by atoms with Gasteiger partial charge >= 0.3 is 0 Å². The standard InChI is InChI=1S/C24H18FNO3/c1-14-7-9-16(10-8-14)22(27)23-15(2)19-13-17(11-12-21(19)29-23)26-24(28)18-5-3-4-6-20(18)25/h3-13H,1-2H3,(H,26,28). The lowest BCUT2D eigenvalue weighted by molar-refractivity contribution is 0.101. The topological polar surface area (TPSA) is 59.3 Å². The highest BCUT2D eigenvalue weighted by Crippen LogP contribution is 2.29. The maximum Gasteiger partial charge on any atom is 0.258 e. The number of fused-ring (bicyclic) bond motifs is 1. The number of hydrogen-bond donors (Lipinski definition) is 1. The Kier molecular flexibility index (Phi) is 4.72. The summed E-state index contributed by atoms with van der Waals surface area (Å²) in [5.74, 6) is -1.06. The molecule has 0 saturated carbocycles. The number of rotatable bonds is 4. The Hall–Kier alpha value is -3.73. The van der Waals surface area contributed by atoms with E-state index in [0.717, 1.165) is 5.56 Å². The van der Waals surface area contributed by atoms with E-state index in [4.69, 9.17) is 4.42 Å². The molecule has 5 heteroatoms. The number of amides is 1. The van der Waals surface area contributed by atoms with Crippen molar-refractivity contribution in [3.05, 3.63) is 101 Å². The lowest BCUT2D eigenvalue weighted by atomic mass is 10.0. The van der Waals surface area contributed by atoms with Gasteiger partial charge in [-0.15, -0.1) is 0 Å². The number of furan rings is 1. The van der Waals surface area contributed by atoms with E-state index in [1.807, 2.05) is 19.1 Å². The molecule has 29 heavy (non-hydrogen) atoms. The van der Waals surface area contributed by atoms with E-state index in [1.165, 1.54) is 18.2 Å². The molecule has 0 bridgehead atoms. The van der Waals surface area contributed by atoms with Gasteiger partial charge < -0.3 is 9.73 Å². The van der Waals surface area contributed by atoms with Crippen molar-refractivity contribution >= 4 is 28.3 Å². The number of carbonyl (C=O) groups is 2. The monoisotopic (exact) mass is 387 g/mol. The molecule has 0 aliphatic rings. The van der Waals surface area contributed by atoms with E-state index in [0.29, 0.717) is 27.8 Å². The van der Waals surface area contributed by atoms with Crippen molar-refractivity contribution in [2.75, 3.05) is 5.32 Å². The maximum absolute atomic E-state index is 13.8. The Morgan fingerprint density at radius 3 is 2.38 bits per heavy atom. The Morgan fingerprint density at radius 1 is 0.931 bits per heavy atom. The molecule has 0 aliphatic carbocycles. The minimum Gasteiger partial charge on any atom is -0.452 e. The molecule has 0 saturated heterocycles. The molecule has 4 rings (SSSR count). The Labute approximate surface area is 167 Å². The van der Waals surface area contributed by atoms with Crippen LogP contribution in [-0.4, -0.2) is 11.7 Å². The van der Waals surface area contributed by atoms with E-state index < -0.39 is 11.7 Å². The summed E-state index contributed by atoms with van der Waals surface area (Å²) in [6, 6.07) is 18.1. The summed E-state index contributed by atoms with van der Waals surface area (Å²) in [5, 5.41) is 3.40. The molecular weight excluding hydrogens is 369 g/mol. The third-order valence-electron chi connectivity index (χ3n) is 4.83. The molecule has 1 aromatic heterocycles. The van der Waals surface area contributed by atoms with Gasteiger partial charge in [0.05, 0.1) is 5.56 Å². The highest BCUT2D eigenvalue weighted by molar-refractivity contribution is 6.11. The van der Waals surface area contributed by atoms with Crippen molar-refractivity contribution in [1.82, 2.24) is 0 Å². The molecule has 4 nitrogen and oxygen atoms in total. The summed E-state index contributed by atoms with van der Waals surface area (Å²) in [6.45, 7) is 3.76. The van der Waals surface area contributed by atoms with Crippen LogP contribution < -0.4 is 5.32 Å². The van der Waals surface area contributed by atoms with Crippen LogP contribution in [0.5, 0.6) is 0 Å². The fourth-order valence-electron chi connectivity index (χ4n) is 3.20. The van der Waals surface area contributed by atoms with E-state index in [2.05, 4.69) is 5.32 Å². The number of halogens is 1. The van der Waals surface area contributed by atoms with Gasteiger partial charge in [0.1, 0.15) is 11.4 Å². The largest absolute Gasteiger partial charge is 0.452 e. The molecule has 1 N–H and O–H groups in total. The molecule has 0 fully saturated rings. The first-order chi connectivity index (χ1) is 13.9. The van der Waals surface area contributed by atoms with Crippen LogP contribution in [0.2, 0.25) is 0 Å². The molecule has 0 spiro atoms. The molecule has 0 aliphatic heterocycles. The van der Waals surface area contributed by atoms with Gasteiger partial charge in [-0.2, -0.15) is 0 Å². The molecule has 3 aromatic carbocycles. The first kappa shape index (κ1) is 18.6. The highest BCUT2D eigenvalue weighted by Gasteiger charge is 2.20. The highest BCUT2D eigenvalue weighted by atomic mass is 19.1. The van der Waals surface area contributed by atoms with Crippen LogP contribution in [-0.2, 0) is 0 Å². The third-order valence-corrected chi connectivity index (χ3v) is 4.83. The fraction of sp³-hybridized carbons (Fsp3) is 0.0833. The number of nitrogens with one attached hydrogen (secondary N) is 1. The van der Waals surface area contributed by atoms with E-state index >= 15 is 0 Å². The number of anilines is 1. The average molecular weight is 387 g/mol. The molecular formula is C24H18FNO3. The Bertz CT molecular complexity index is 1240. The number of carbonyl (C=O) groups excluding carboxylic acids is 2. The van der Waals surface area contributed by atoms with Gasteiger partial charge in [-0.1, -0.05) is 42.0 Å². The van der Waals surface area contributed by atoms with E-state index in [9.17, 15) is 14.0 Å². The average Bonchev–Trinajstić information content (AvgIpc) is 3.04. The first-order valence-corrected chi connectivity index (χ1v) is 9.14. The van der Waals surface area contributed by atoms with Gasteiger partial charge in [0.2, 0.25) is 5.78 Å². The van der Waals surface area contributed by atoms with Crippen molar-refractivity contribution in [3.8, 4) is 0 Å². The normalized spacial score (nSPS) is 10.9. The number of benzene rings is 3. The van der Waals surface area contributed by atoms with Crippen molar-refractivity contribution in [2.45, 2.75) is 13.8 Å². The molecule has 1 heterocycles. The second kappa shape index (κ2) is 7.36. The van der Waals surface area contributed by atoms with Crippen molar-refractivity contribution in [2.24, 2.45) is 0 Å². The third kappa shape index (κ3) is 3.55. The molecule has 1 amide bonds. The number of hydrogen-bond acceptors (Lipinski definition) is 3. The molecule has 0 atom stereocenters. The zero-order chi connectivity index (χ0) is 20.5. The molecule has 4 aromatic rings. The van der Waals surface area contributed by atoms with Crippen molar-refractivity contribution < 1.29 is 18.4 Å². The van der Waals surface area contributed by atoms with Crippen LogP contribution in [0.3, 0.4) is 0 Å². The number of ketones is 1. The van der Waals surface area contributed by atoms with Crippen LogP contribution in [0.1, 0.15) is 37.6 Å². The van der Waals surface area contributed by atoms with Gasteiger partial charge in [0.15, 0.2) is 5.76 Å². The summed E-state index contributed by atoms with van der Waals surface area (Å²) >= 11 is 0. The molecule has 144 valence electrons. The van der Waals surface area contributed by atoms with E-state index in [-0.39, 0.29) is 17.1 Å². The molecule has 0 unspecified atom stereocenters. The lowest BCUT2D eigenvalue weighted by Crippen LogP contribution is -2.13. The summed E-state index contributed by atoms with van der Waals surface area (Å²) in [7, 11) is 0. The summed E-state index contributed by atoms with van der Waals surface area (Å²) < 4.78 is 19.6. The zero-order valence-electron chi connectivity index (χ0n) is 16.0. The van der Waals surface area contributed by atoms with E-state index in [1.54, 1.807) is 43.3 Å². The van der Waals surface area contributed by atoms with Crippen molar-refractivity contribution in [3.63, 3.8) is 0 Å². The Balaban J connectivity index is 1.65. The summed E-state index contributed by atoms with van der Waals surface area (Å²) in [4.78, 5) is 25.2. The fourth-order valence-corrected chi connectivity index (χ4v) is 3.20. The second-order valence-electron chi connectivity index (χ2n) is 6.90. The van der Waals surface area contributed by atoms with Gasteiger partial charge in [-0.25, -0.2) is 4.39 Å². The zero-order valence-corrected chi connectivity index (χ0v) is 16.0. The van der Waals surface area contributed by atoms with Crippen LogP contribution in [0.25, 0.3) is 11.0 Å². The van der Waals surface area contributed by atoms with Crippen LogP contribution in [0.15, 0.2) is 71.1 Å². The van der Waals surface area contributed by atoms with Crippen molar-refractivity contribution in [1.29, 1.82) is 0 Å². The number of aryl methyl sites for hydroxylation is 2. The van der Waals surface area contributed by atoms with Gasteiger partial charge in [0, 0.05) is 22.2 Å². The van der Waals surface area contributed by atoms with Gasteiger partial charge in [-0.3, -0.25) is 9.59 Å². The van der Waals surface area contributed by atoms with Gasteiger partial charge in [0.25, 0.3) is 5.91 Å². The van der Waals surface area contributed by atoms with Crippen LogP contribution in [0, 0.1) is 19.7 Å². The SMILES string of the molecule is Cc1ccc(C(=O)c2oc3ccc(NC(=O)c4ccccc4F)cc3c2C)cc1. The minimum absolute atomic E-state index is 0.0354. The van der Waals surface area contributed by atoms with Gasteiger partial charge in [-0.05, 0) is 44.2 Å². The quantitative estimate of drug-likeness (QED) is 0.459. The summed E-state index contributed by atoms with van der Waals surface area (Å²) in [6.07, 6.45) is 0. The van der Waals surface area contributed by atoms with Crippen LogP contribution in [0.4, 0.5) is 10.1 Å².